The molecule has 6 nitrogen and oxygen atoms in total. The summed E-state index contributed by atoms with van der Waals surface area (Å²) in [7, 11) is 1.55. The van der Waals surface area contributed by atoms with Crippen molar-refractivity contribution in [2.45, 2.75) is 6.92 Å². The van der Waals surface area contributed by atoms with E-state index in [1.54, 1.807) is 49.6 Å². The number of carbonyl (C=O) groups excluding carboxylic acids is 2. The molecule has 0 aromatic heterocycles. The predicted octanol–water partition coefficient (Wildman–Crippen LogP) is 4.27. The van der Waals surface area contributed by atoms with Crippen LogP contribution in [0.5, 0.6) is 11.5 Å². The van der Waals surface area contributed by atoms with Crippen LogP contribution in [0.2, 0.25) is 0 Å². The van der Waals surface area contributed by atoms with Crippen molar-refractivity contribution < 1.29 is 19.1 Å². The van der Waals surface area contributed by atoms with E-state index in [0.29, 0.717) is 28.4 Å². The number of rotatable bonds is 7. The Balaban J connectivity index is 1.59. The fraction of sp³-hybridized carbons (Fsp3) is 0.130. The SMILES string of the molecule is COc1cc(C)ccc1OCC(=O)Nc1cccc(C(=O)Nc2ccccc2)c1. The molecule has 0 radical (unpaired) electrons. The highest BCUT2D eigenvalue weighted by atomic mass is 16.5. The van der Waals surface area contributed by atoms with Crippen molar-refractivity contribution in [2.75, 3.05) is 24.4 Å². The highest BCUT2D eigenvalue weighted by Crippen LogP contribution is 2.27. The average Bonchev–Trinajstić information content (AvgIpc) is 2.73. The van der Waals surface area contributed by atoms with Crippen LogP contribution in [-0.4, -0.2) is 25.5 Å². The van der Waals surface area contributed by atoms with Crippen LogP contribution >= 0.6 is 0 Å². The monoisotopic (exact) mass is 390 g/mol. The quantitative estimate of drug-likeness (QED) is 0.632. The lowest BCUT2D eigenvalue weighted by Crippen LogP contribution is -2.20. The minimum atomic E-state index is -0.340. The minimum absolute atomic E-state index is 0.181. The molecule has 3 aromatic carbocycles. The number of carbonyl (C=O) groups is 2. The molecule has 0 aliphatic carbocycles. The lowest BCUT2D eigenvalue weighted by Gasteiger charge is -2.12. The number of para-hydroxylation sites is 1. The largest absolute Gasteiger partial charge is 0.493 e. The maximum atomic E-state index is 12.4. The van der Waals surface area contributed by atoms with Gasteiger partial charge in [0, 0.05) is 16.9 Å². The van der Waals surface area contributed by atoms with Crippen molar-refractivity contribution in [3.05, 3.63) is 83.9 Å². The Morgan fingerprint density at radius 1 is 0.828 bits per heavy atom. The lowest BCUT2D eigenvalue weighted by molar-refractivity contribution is -0.118. The van der Waals surface area contributed by atoms with Crippen molar-refractivity contribution in [3.8, 4) is 11.5 Å². The van der Waals surface area contributed by atoms with E-state index in [2.05, 4.69) is 10.6 Å². The van der Waals surface area contributed by atoms with E-state index in [9.17, 15) is 9.59 Å². The van der Waals surface area contributed by atoms with E-state index in [1.165, 1.54) is 0 Å². The first-order valence-electron chi connectivity index (χ1n) is 9.09. The lowest BCUT2D eigenvalue weighted by atomic mass is 10.2. The second-order valence-corrected chi connectivity index (χ2v) is 6.39. The molecule has 0 bridgehead atoms. The fourth-order valence-corrected chi connectivity index (χ4v) is 2.70. The fourth-order valence-electron chi connectivity index (χ4n) is 2.70. The molecular weight excluding hydrogens is 368 g/mol. The van der Waals surface area contributed by atoms with Crippen molar-refractivity contribution in [3.63, 3.8) is 0 Å². The summed E-state index contributed by atoms with van der Waals surface area (Å²) < 4.78 is 10.8. The van der Waals surface area contributed by atoms with Gasteiger partial charge in [-0.15, -0.1) is 0 Å². The zero-order valence-corrected chi connectivity index (χ0v) is 16.3. The predicted molar refractivity (Wildman–Crippen MR) is 113 cm³/mol. The normalized spacial score (nSPS) is 10.1. The van der Waals surface area contributed by atoms with Gasteiger partial charge in [0.2, 0.25) is 0 Å². The topological polar surface area (TPSA) is 76.7 Å². The van der Waals surface area contributed by atoms with Gasteiger partial charge in [-0.3, -0.25) is 9.59 Å². The molecule has 3 aromatic rings. The van der Waals surface area contributed by atoms with Gasteiger partial charge in [-0.2, -0.15) is 0 Å². The van der Waals surface area contributed by atoms with E-state index >= 15 is 0 Å². The van der Waals surface area contributed by atoms with Crippen LogP contribution in [-0.2, 0) is 4.79 Å². The number of ether oxygens (including phenoxy) is 2. The van der Waals surface area contributed by atoms with Crippen LogP contribution < -0.4 is 20.1 Å². The van der Waals surface area contributed by atoms with Crippen molar-refractivity contribution in [1.29, 1.82) is 0 Å². The minimum Gasteiger partial charge on any atom is -0.493 e. The van der Waals surface area contributed by atoms with E-state index in [4.69, 9.17) is 9.47 Å². The Morgan fingerprint density at radius 2 is 1.59 bits per heavy atom. The zero-order valence-electron chi connectivity index (χ0n) is 16.3. The van der Waals surface area contributed by atoms with Gasteiger partial charge in [0.1, 0.15) is 0 Å². The molecule has 0 unspecified atom stereocenters. The number of hydrogen-bond donors (Lipinski definition) is 2. The van der Waals surface area contributed by atoms with Gasteiger partial charge in [-0.25, -0.2) is 0 Å². The van der Waals surface area contributed by atoms with Crippen LogP contribution in [0.3, 0.4) is 0 Å². The number of methoxy groups -OCH3 is 1. The molecule has 0 fully saturated rings. The number of amides is 2. The Morgan fingerprint density at radius 3 is 2.34 bits per heavy atom. The molecule has 0 aliphatic heterocycles. The van der Waals surface area contributed by atoms with E-state index < -0.39 is 0 Å². The molecule has 2 amide bonds. The number of aryl methyl sites for hydroxylation is 1. The van der Waals surface area contributed by atoms with Gasteiger partial charge in [0.15, 0.2) is 18.1 Å². The summed E-state index contributed by atoms with van der Waals surface area (Å²) in [6.07, 6.45) is 0. The van der Waals surface area contributed by atoms with Gasteiger partial charge in [0.25, 0.3) is 11.8 Å². The molecule has 0 aliphatic rings. The summed E-state index contributed by atoms with van der Waals surface area (Å²) in [5.74, 6) is 0.461. The molecular formula is C23H22N2O4. The van der Waals surface area contributed by atoms with Gasteiger partial charge in [0.05, 0.1) is 7.11 Å². The second kappa shape index (κ2) is 9.41. The van der Waals surface area contributed by atoms with Gasteiger partial charge in [-0.1, -0.05) is 30.3 Å². The summed E-state index contributed by atoms with van der Waals surface area (Å²) in [5.41, 5.74) is 2.68. The van der Waals surface area contributed by atoms with Crippen molar-refractivity contribution in [1.82, 2.24) is 0 Å². The number of anilines is 2. The number of nitrogens with one attached hydrogen (secondary N) is 2. The molecule has 2 N–H and O–H groups in total. The third-order valence-corrected chi connectivity index (χ3v) is 4.12. The molecule has 29 heavy (non-hydrogen) atoms. The van der Waals surface area contributed by atoms with Gasteiger partial charge < -0.3 is 20.1 Å². The van der Waals surface area contributed by atoms with Crippen molar-refractivity contribution in [2.24, 2.45) is 0 Å². The van der Waals surface area contributed by atoms with Crippen LogP contribution in [0.15, 0.2) is 72.8 Å². The third-order valence-electron chi connectivity index (χ3n) is 4.12. The average molecular weight is 390 g/mol. The molecule has 0 spiro atoms. The van der Waals surface area contributed by atoms with Crippen molar-refractivity contribution >= 4 is 23.2 Å². The number of hydrogen-bond acceptors (Lipinski definition) is 4. The highest BCUT2D eigenvalue weighted by Gasteiger charge is 2.10. The smallest absolute Gasteiger partial charge is 0.262 e. The first-order chi connectivity index (χ1) is 14.0. The summed E-state index contributed by atoms with van der Waals surface area (Å²) in [6.45, 7) is 1.76. The van der Waals surface area contributed by atoms with Crippen LogP contribution in [0.25, 0.3) is 0 Å². The Hall–Kier alpha value is -3.80. The second-order valence-electron chi connectivity index (χ2n) is 6.39. The Kier molecular flexibility index (Phi) is 6.47. The molecule has 0 atom stereocenters. The molecule has 0 saturated heterocycles. The molecule has 148 valence electrons. The first-order valence-corrected chi connectivity index (χ1v) is 9.09. The van der Waals surface area contributed by atoms with E-state index in [0.717, 1.165) is 5.56 Å². The maximum Gasteiger partial charge on any atom is 0.262 e. The third kappa shape index (κ3) is 5.59. The molecule has 3 rings (SSSR count). The standard InChI is InChI=1S/C23H22N2O4/c1-16-11-12-20(21(13-16)28-2)29-15-22(26)24-19-10-6-7-17(14-19)23(27)25-18-8-4-3-5-9-18/h3-14H,15H2,1-2H3,(H,24,26)(H,25,27). The zero-order chi connectivity index (χ0) is 20.6. The summed E-state index contributed by atoms with van der Waals surface area (Å²) in [6, 6.07) is 21.4. The number of benzene rings is 3. The molecule has 6 heteroatoms. The summed E-state index contributed by atoms with van der Waals surface area (Å²) in [4.78, 5) is 24.6. The van der Waals surface area contributed by atoms with E-state index in [1.807, 2.05) is 37.3 Å². The Bertz CT molecular complexity index is 1000. The summed E-state index contributed by atoms with van der Waals surface area (Å²) in [5, 5.41) is 5.55. The highest BCUT2D eigenvalue weighted by molar-refractivity contribution is 6.05. The Labute approximate surface area is 169 Å². The maximum absolute atomic E-state index is 12.4. The van der Waals surface area contributed by atoms with Crippen LogP contribution in [0, 0.1) is 6.92 Å². The molecule has 0 heterocycles. The molecule has 0 saturated carbocycles. The first kappa shape index (κ1) is 19.9. The van der Waals surface area contributed by atoms with Crippen LogP contribution in [0.1, 0.15) is 15.9 Å². The summed E-state index contributed by atoms with van der Waals surface area (Å²) >= 11 is 0. The van der Waals surface area contributed by atoms with Gasteiger partial charge >= 0.3 is 0 Å². The van der Waals surface area contributed by atoms with Gasteiger partial charge in [-0.05, 0) is 55.0 Å². The van der Waals surface area contributed by atoms with Crippen LogP contribution in [0.4, 0.5) is 11.4 Å². The van der Waals surface area contributed by atoms with E-state index in [-0.39, 0.29) is 18.4 Å².